The van der Waals surface area contributed by atoms with Gasteiger partial charge in [-0.2, -0.15) is 0 Å². The highest BCUT2D eigenvalue weighted by Gasteiger charge is 2.16. The van der Waals surface area contributed by atoms with Gasteiger partial charge in [0.1, 0.15) is 5.82 Å². The standard InChI is InChI=1S/C15H19N3/c1-2-9-18-14-8-4-3-7-13(14)16-15(18)12-17-10-5-6-11-17/h2-4,7-8H,1,5-6,9-12H2. The Morgan fingerprint density at radius 1 is 1.22 bits per heavy atom. The number of rotatable bonds is 4. The van der Waals surface area contributed by atoms with Gasteiger partial charge >= 0.3 is 0 Å². The zero-order valence-corrected chi connectivity index (χ0v) is 10.7. The highest BCUT2D eigenvalue weighted by molar-refractivity contribution is 5.75. The van der Waals surface area contributed by atoms with Crippen LogP contribution in [-0.4, -0.2) is 27.5 Å². The highest BCUT2D eigenvalue weighted by atomic mass is 15.2. The van der Waals surface area contributed by atoms with Crippen LogP contribution in [0.3, 0.4) is 0 Å². The van der Waals surface area contributed by atoms with E-state index in [1.165, 1.54) is 31.4 Å². The number of hydrogen-bond acceptors (Lipinski definition) is 2. The molecule has 0 saturated carbocycles. The van der Waals surface area contributed by atoms with Crippen molar-refractivity contribution in [2.24, 2.45) is 0 Å². The SMILES string of the molecule is C=CCn1c(CN2CCCC2)nc2ccccc21. The predicted octanol–water partition coefficient (Wildman–Crippen LogP) is 2.82. The van der Waals surface area contributed by atoms with E-state index in [4.69, 9.17) is 4.98 Å². The fourth-order valence-electron chi connectivity index (χ4n) is 2.72. The number of allylic oxidation sites excluding steroid dienone is 1. The Morgan fingerprint density at radius 2 is 2.00 bits per heavy atom. The van der Waals surface area contributed by atoms with Gasteiger partial charge in [-0.05, 0) is 38.1 Å². The molecule has 2 heterocycles. The summed E-state index contributed by atoms with van der Waals surface area (Å²) >= 11 is 0. The molecule has 0 aliphatic carbocycles. The van der Waals surface area contributed by atoms with Crippen molar-refractivity contribution in [3.63, 3.8) is 0 Å². The average molecular weight is 241 g/mol. The highest BCUT2D eigenvalue weighted by Crippen LogP contribution is 2.19. The number of aromatic nitrogens is 2. The average Bonchev–Trinajstić information content (AvgIpc) is 3.00. The van der Waals surface area contributed by atoms with E-state index in [9.17, 15) is 0 Å². The minimum Gasteiger partial charge on any atom is -0.323 e. The molecule has 0 unspecified atom stereocenters. The van der Waals surface area contributed by atoms with Gasteiger partial charge in [0.25, 0.3) is 0 Å². The lowest BCUT2D eigenvalue weighted by Gasteiger charge is -2.15. The minimum atomic E-state index is 0.837. The number of fused-ring (bicyclic) bond motifs is 1. The van der Waals surface area contributed by atoms with Gasteiger partial charge in [0.05, 0.1) is 17.6 Å². The molecule has 1 aliphatic rings. The van der Waals surface area contributed by atoms with Crippen molar-refractivity contribution >= 4 is 11.0 Å². The van der Waals surface area contributed by atoms with Gasteiger partial charge in [-0.25, -0.2) is 4.98 Å². The first kappa shape index (κ1) is 11.5. The van der Waals surface area contributed by atoms with E-state index in [1.807, 2.05) is 12.1 Å². The Kier molecular flexibility index (Phi) is 3.15. The van der Waals surface area contributed by atoms with Crippen molar-refractivity contribution in [3.8, 4) is 0 Å². The minimum absolute atomic E-state index is 0.837. The van der Waals surface area contributed by atoms with Crippen molar-refractivity contribution in [2.45, 2.75) is 25.9 Å². The largest absolute Gasteiger partial charge is 0.323 e. The molecular formula is C15H19N3. The van der Waals surface area contributed by atoms with E-state index < -0.39 is 0 Å². The molecular weight excluding hydrogens is 222 g/mol. The predicted molar refractivity (Wildman–Crippen MR) is 74.4 cm³/mol. The third-order valence-corrected chi connectivity index (χ3v) is 3.61. The molecule has 0 spiro atoms. The lowest BCUT2D eigenvalue weighted by molar-refractivity contribution is 0.318. The van der Waals surface area contributed by atoms with Crippen molar-refractivity contribution in [1.82, 2.24) is 14.5 Å². The lowest BCUT2D eigenvalue weighted by Crippen LogP contribution is -2.21. The Morgan fingerprint density at radius 3 is 2.78 bits per heavy atom. The molecule has 1 aromatic carbocycles. The fraction of sp³-hybridized carbons (Fsp3) is 0.400. The van der Waals surface area contributed by atoms with Crippen LogP contribution >= 0.6 is 0 Å². The second-order valence-electron chi connectivity index (χ2n) is 4.90. The molecule has 18 heavy (non-hydrogen) atoms. The molecule has 1 aliphatic heterocycles. The summed E-state index contributed by atoms with van der Waals surface area (Å²) < 4.78 is 2.28. The topological polar surface area (TPSA) is 21.1 Å². The van der Waals surface area contributed by atoms with Gasteiger partial charge in [-0.15, -0.1) is 6.58 Å². The third-order valence-electron chi connectivity index (χ3n) is 3.61. The van der Waals surface area contributed by atoms with Gasteiger partial charge in [0.15, 0.2) is 0 Å². The number of hydrogen-bond donors (Lipinski definition) is 0. The number of likely N-dealkylation sites (tertiary alicyclic amines) is 1. The van der Waals surface area contributed by atoms with Crippen molar-refractivity contribution in [1.29, 1.82) is 0 Å². The summed E-state index contributed by atoms with van der Waals surface area (Å²) in [7, 11) is 0. The summed E-state index contributed by atoms with van der Waals surface area (Å²) in [6, 6.07) is 8.35. The number of nitrogens with zero attached hydrogens (tertiary/aromatic N) is 3. The van der Waals surface area contributed by atoms with Gasteiger partial charge in [0, 0.05) is 6.54 Å². The molecule has 0 N–H and O–H groups in total. The van der Waals surface area contributed by atoms with Crippen molar-refractivity contribution in [3.05, 3.63) is 42.7 Å². The van der Waals surface area contributed by atoms with Crippen LogP contribution < -0.4 is 0 Å². The molecule has 0 radical (unpaired) electrons. The van der Waals surface area contributed by atoms with Crippen LogP contribution in [0.4, 0.5) is 0 Å². The van der Waals surface area contributed by atoms with Crippen LogP contribution in [-0.2, 0) is 13.1 Å². The van der Waals surface area contributed by atoms with E-state index in [0.717, 1.165) is 24.4 Å². The van der Waals surface area contributed by atoms with Crippen LogP contribution in [0.25, 0.3) is 11.0 Å². The van der Waals surface area contributed by atoms with Crippen LogP contribution in [0.2, 0.25) is 0 Å². The summed E-state index contributed by atoms with van der Waals surface area (Å²) in [6.45, 7) is 8.06. The number of imidazole rings is 1. The molecule has 3 rings (SSSR count). The second kappa shape index (κ2) is 4.94. The zero-order valence-electron chi connectivity index (χ0n) is 10.7. The molecule has 3 nitrogen and oxygen atoms in total. The van der Waals surface area contributed by atoms with E-state index in [2.05, 4.69) is 34.2 Å². The van der Waals surface area contributed by atoms with Crippen LogP contribution in [0.5, 0.6) is 0 Å². The summed E-state index contributed by atoms with van der Waals surface area (Å²) in [5.41, 5.74) is 2.31. The zero-order chi connectivity index (χ0) is 12.4. The maximum atomic E-state index is 4.77. The van der Waals surface area contributed by atoms with Gasteiger partial charge in [0.2, 0.25) is 0 Å². The first-order valence-electron chi connectivity index (χ1n) is 6.66. The van der Waals surface area contributed by atoms with Crippen molar-refractivity contribution in [2.75, 3.05) is 13.1 Å². The van der Waals surface area contributed by atoms with Crippen molar-refractivity contribution < 1.29 is 0 Å². The van der Waals surface area contributed by atoms with Gasteiger partial charge in [-0.3, -0.25) is 4.90 Å². The summed E-state index contributed by atoms with van der Waals surface area (Å²) in [4.78, 5) is 7.26. The first-order chi connectivity index (χ1) is 8.88. The van der Waals surface area contributed by atoms with E-state index in [-0.39, 0.29) is 0 Å². The monoisotopic (exact) mass is 241 g/mol. The molecule has 1 saturated heterocycles. The maximum Gasteiger partial charge on any atom is 0.124 e. The van der Waals surface area contributed by atoms with E-state index >= 15 is 0 Å². The fourth-order valence-corrected chi connectivity index (χ4v) is 2.72. The molecule has 0 amide bonds. The Balaban J connectivity index is 1.97. The normalized spacial score (nSPS) is 16.4. The Bertz CT molecular complexity index is 550. The number of benzene rings is 1. The maximum absolute atomic E-state index is 4.77. The van der Waals surface area contributed by atoms with Crippen LogP contribution in [0.1, 0.15) is 18.7 Å². The molecule has 0 bridgehead atoms. The molecule has 1 aromatic heterocycles. The second-order valence-corrected chi connectivity index (χ2v) is 4.90. The Labute approximate surface area is 108 Å². The van der Waals surface area contributed by atoms with E-state index in [0.29, 0.717) is 0 Å². The smallest absolute Gasteiger partial charge is 0.124 e. The van der Waals surface area contributed by atoms with Crippen LogP contribution in [0, 0.1) is 0 Å². The first-order valence-corrected chi connectivity index (χ1v) is 6.66. The molecule has 0 atom stereocenters. The summed E-state index contributed by atoms with van der Waals surface area (Å²) in [5.74, 6) is 1.16. The third kappa shape index (κ3) is 2.06. The lowest BCUT2D eigenvalue weighted by atomic mass is 10.3. The van der Waals surface area contributed by atoms with Gasteiger partial charge in [-0.1, -0.05) is 18.2 Å². The number of para-hydroxylation sites is 2. The molecule has 3 heteroatoms. The Hall–Kier alpha value is -1.61. The van der Waals surface area contributed by atoms with Gasteiger partial charge < -0.3 is 4.57 Å². The summed E-state index contributed by atoms with van der Waals surface area (Å²) in [5, 5.41) is 0. The molecule has 2 aromatic rings. The summed E-state index contributed by atoms with van der Waals surface area (Å²) in [6.07, 6.45) is 4.59. The van der Waals surface area contributed by atoms with Crippen LogP contribution in [0.15, 0.2) is 36.9 Å². The molecule has 1 fully saturated rings. The quantitative estimate of drug-likeness (QED) is 0.767. The molecule has 94 valence electrons. The van der Waals surface area contributed by atoms with E-state index in [1.54, 1.807) is 0 Å².